The number of pyridine rings is 1. The Kier molecular flexibility index (Phi) is 7.25. The first-order valence-electron chi connectivity index (χ1n) is 11.7. The molecule has 1 aliphatic carbocycles. The van der Waals surface area contributed by atoms with Gasteiger partial charge in [0.2, 0.25) is 0 Å². The van der Waals surface area contributed by atoms with Crippen molar-refractivity contribution in [2.24, 2.45) is 0 Å². The second-order valence-corrected chi connectivity index (χ2v) is 8.76. The molecule has 2 aliphatic rings. The van der Waals surface area contributed by atoms with E-state index in [9.17, 15) is 4.79 Å². The number of amides is 1. The zero-order valence-corrected chi connectivity index (χ0v) is 19.1. The maximum Gasteiger partial charge on any atom is 0.253 e. The molecule has 170 valence electrons. The van der Waals surface area contributed by atoms with Gasteiger partial charge in [0.1, 0.15) is 6.10 Å². The summed E-state index contributed by atoms with van der Waals surface area (Å²) in [5, 5.41) is 3.29. The van der Waals surface area contributed by atoms with Crippen LogP contribution >= 0.6 is 0 Å². The number of carbonyl (C=O) groups is 1. The molecule has 4 rings (SSSR count). The number of ether oxygens (including phenoxy) is 2. The van der Waals surface area contributed by atoms with E-state index in [0.29, 0.717) is 19.2 Å². The summed E-state index contributed by atoms with van der Waals surface area (Å²) in [4.78, 5) is 20.3. The zero-order valence-electron chi connectivity index (χ0n) is 19.1. The number of hydrogen-bond acceptors (Lipinski definition) is 5. The fraction of sp³-hybridized carbons (Fsp3) is 0.667. The number of rotatable bonds is 10. The van der Waals surface area contributed by atoms with Crippen LogP contribution in [0.15, 0.2) is 18.5 Å². The molecule has 0 unspecified atom stereocenters. The molecule has 2 aromatic heterocycles. The molecule has 2 aromatic rings. The largest absolute Gasteiger partial charge is 0.385 e. The van der Waals surface area contributed by atoms with Crippen LogP contribution in [0.5, 0.6) is 0 Å². The molecule has 0 aromatic carbocycles. The molecule has 0 radical (unpaired) electrons. The van der Waals surface area contributed by atoms with Crippen molar-refractivity contribution in [3.05, 3.63) is 29.6 Å². The summed E-state index contributed by atoms with van der Waals surface area (Å²) in [5.74, 6) is 0.105. The highest BCUT2D eigenvalue weighted by molar-refractivity contribution is 5.85. The van der Waals surface area contributed by atoms with Gasteiger partial charge in [0.25, 0.3) is 5.91 Å². The lowest BCUT2D eigenvalue weighted by atomic mass is 10.1. The minimum Gasteiger partial charge on any atom is -0.385 e. The van der Waals surface area contributed by atoms with Crippen LogP contribution in [0.2, 0.25) is 0 Å². The predicted octanol–water partition coefficient (Wildman–Crippen LogP) is 3.07. The van der Waals surface area contributed by atoms with E-state index in [1.165, 1.54) is 5.56 Å². The van der Waals surface area contributed by atoms with Gasteiger partial charge in [-0.05, 0) is 50.7 Å². The zero-order chi connectivity index (χ0) is 21.8. The Morgan fingerprint density at radius 3 is 2.94 bits per heavy atom. The predicted molar refractivity (Wildman–Crippen MR) is 121 cm³/mol. The molecule has 1 saturated heterocycles. The summed E-state index contributed by atoms with van der Waals surface area (Å²) in [5.41, 5.74) is 4.54. The second kappa shape index (κ2) is 10.1. The van der Waals surface area contributed by atoms with Crippen LogP contribution in [-0.4, -0.2) is 65.9 Å². The van der Waals surface area contributed by atoms with Crippen molar-refractivity contribution < 1.29 is 14.3 Å². The van der Waals surface area contributed by atoms with Gasteiger partial charge < -0.3 is 24.3 Å². The number of carbonyl (C=O) groups excluding carboxylic acids is 1. The molecule has 2 fully saturated rings. The van der Waals surface area contributed by atoms with Gasteiger partial charge in [-0.25, -0.2) is 0 Å². The maximum absolute atomic E-state index is 13.4. The van der Waals surface area contributed by atoms with Crippen LogP contribution in [0.25, 0.3) is 11.0 Å². The Labute approximate surface area is 185 Å². The molecule has 1 amide bonds. The fourth-order valence-corrected chi connectivity index (χ4v) is 4.53. The maximum atomic E-state index is 13.4. The van der Waals surface area contributed by atoms with Crippen LogP contribution in [-0.2, 0) is 27.2 Å². The second-order valence-electron chi connectivity index (χ2n) is 8.76. The summed E-state index contributed by atoms with van der Waals surface area (Å²) in [6, 6.07) is 2.53. The molecular formula is C24H36N4O3. The lowest BCUT2D eigenvalue weighted by Gasteiger charge is -2.34. The summed E-state index contributed by atoms with van der Waals surface area (Å²) >= 11 is 0. The minimum absolute atomic E-state index is 0.0340. The van der Waals surface area contributed by atoms with Crippen LogP contribution in [0.4, 0.5) is 0 Å². The average Bonchev–Trinajstić information content (AvgIpc) is 3.57. The molecular weight excluding hydrogens is 392 g/mol. The van der Waals surface area contributed by atoms with Crippen molar-refractivity contribution in [2.45, 2.75) is 70.7 Å². The molecule has 3 heterocycles. The number of methoxy groups -OCH3 is 1. The minimum atomic E-state index is -0.390. The smallest absolute Gasteiger partial charge is 0.253 e. The highest BCUT2D eigenvalue weighted by Gasteiger charge is 2.40. The first-order chi connectivity index (χ1) is 15.1. The van der Waals surface area contributed by atoms with E-state index in [4.69, 9.17) is 14.5 Å². The number of fused-ring (bicyclic) bond motifs is 1. The third-order valence-electron chi connectivity index (χ3n) is 6.47. The third-order valence-corrected chi connectivity index (χ3v) is 6.47. The lowest BCUT2D eigenvalue weighted by molar-refractivity contribution is -0.148. The highest BCUT2D eigenvalue weighted by atomic mass is 16.5. The lowest BCUT2D eigenvalue weighted by Crippen LogP contribution is -2.50. The number of morpholine rings is 1. The van der Waals surface area contributed by atoms with Crippen molar-refractivity contribution in [3.8, 4) is 0 Å². The van der Waals surface area contributed by atoms with E-state index in [1.54, 1.807) is 7.11 Å². The molecule has 0 bridgehead atoms. The van der Waals surface area contributed by atoms with Crippen LogP contribution in [0.1, 0.15) is 56.7 Å². The third kappa shape index (κ3) is 4.94. The fourth-order valence-electron chi connectivity index (χ4n) is 4.53. The van der Waals surface area contributed by atoms with Gasteiger partial charge in [-0.1, -0.05) is 6.92 Å². The molecule has 7 nitrogen and oxygen atoms in total. The number of nitrogens with zero attached hydrogens (tertiary/aromatic N) is 3. The van der Waals surface area contributed by atoms with Crippen LogP contribution < -0.4 is 5.32 Å². The molecule has 1 saturated carbocycles. The number of unbranched alkanes of at least 4 members (excludes halogenated alkanes) is 1. The molecule has 1 aliphatic heterocycles. The Morgan fingerprint density at radius 1 is 1.42 bits per heavy atom. The highest BCUT2D eigenvalue weighted by Crippen LogP contribution is 2.38. The standard InChI is InChI=1S/C24H36N4O3/c1-4-18-13-21-23(26-14-18)20(16-27(21)10-5-6-11-30-3)17(2)28(19-7-8-19)24(29)22-15-25-9-12-31-22/h13-14,16-17,19,22,25H,4-12,15H2,1-3H3/t17-,22-/m1/s1. The van der Waals surface area contributed by atoms with Crippen LogP contribution in [0, 0.1) is 0 Å². The molecule has 1 N–H and O–H groups in total. The van der Waals surface area contributed by atoms with Crippen molar-refractivity contribution >= 4 is 16.9 Å². The normalized spacial score (nSPS) is 20.2. The van der Waals surface area contributed by atoms with E-state index in [2.05, 4.69) is 40.9 Å². The monoisotopic (exact) mass is 428 g/mol. The van der Waals surface area contributed by atoms with Gasteiger partial charge in [0.05, 0.1) is 23.7 Å². The summed E-state index contributed by atoms with van der Waals surface area (Å²) < 4.78 is 13.3. The summed E-state index contributed by atoms with van der Waals surface area (Å²) in [6.07, 6.45) is 8.98. The van der Waals surface area contributed by atoms with Gasteiger partial charge in [-0.2, -0.15) is 0 Å². The van der Waals surface area contributed by atoms with Gasteiger partial charge in [0.15, 0.2) is 0 Å². The van der Waals surface area contributed by atoms with Crippen LogP contribution in [0.3, 0.4) is 0 Å². The van der Waals surface area contributed by atoms with E-state index in [0.717, 1.165) is 68.4 Å². The molecule has 7 heteroatoms. The quantitative estimate of drug-likeness (QED) is 0.589. The summed E-state index contributed by atoms with van der Waals surface area (Å²) in [6.45, 7) is 7.99. The van der Waals surface area contributed by atoms with Crippen molar-refractivity contribution in [1.29, 1.82) is 0 Å². The topological polar surface area (TPSA) is 68.6 Å². The van der Waals surface area contributed by atoms with Gasteiger partial charge >= 0.3 is 0 Å². The van der Waals surface area contributed by atoms with Gasteiger partial charge in [-0.15, -0.1) is 0 Å². The van der Waals surface area contributed by atoms with E-state index in [-0.39, 0.29) is 18.1 Å². The number of nitrogens with one attached hydrogen (secondary N) is 1. The van der Waals surface area contributed by atoms with E-state index in [1.807, 2.05) is 6.20 Å². The number of hydrogen-bond donors (Lipinski definition) is 1. The molecule has 31 heavy (non-hydrogen) atoms. The first kappa shape index (κ1) is 22.2. The van der Waals surface area contributed by atoms with Gasteiger partial charge in [0, 0.05) is 57.3 Å². The number of aryl methyl sites for hydroxylation is 2. The molecule has 0 spiro atoms. The number of aromatic nitrogens is 2. The van der Waals surface area contributed by atoms with E-state index < -0.39 is 0 Å². The van der Waals surface area contributed by atoms with Crippen molar-refractivity contribution in [2.75, 3.05) is 33.4 Å². The summed E-state index contributed by atoms with van der Waals surface area (Å²) in [7, 11) is 1.75. The average molecular weight is 429 g/mol. The first-order valence-corrected chi connectivity index (χ1v) is 11.7. The Bertz CT molecular complexity index is 886. The SMILES string of the molecule is CCc1cnc2c([C@@H](C)N(C(=O)[C@H]3CNCCO3)C3CC3)cn(CCCCOC)c2c1. The van der Waals surface area contributed by atoms with Gasteiger partial charge in [-0.3, -0.25) is 9.78 Å². The Hall–Kier alpha value is -1.96. The molecule has 2 atom stereocenters. The van der Waals surface area contributed by atoms with E-state index >= 15 is 0 Å². The Morgan fingerprint density at radius 2 is 2.26 bits per heavy atom. The van der Waals surface area contributed by atoms with Crippen molar-refractivity contribution in [1.82, 2.24) is 19.8 Å². The Balaban J connectivity index is 1.63. The van der Waals surface area contributed by atoms with Crippen molar-refractivity contribution in [3.63, 3.8) is 0 Å².